The minimum Gasteiger partial charge on any atom is -0.381 e. The fourth-order valence-corrected chi connectivity index (χ4v) is 2.31. The van der Waals surface area contributed by atoms with Gasteiger partial charge in [-0.25, -0.2) is 4.39 Å². The van der Waals surface area contributed by atoms with Crippen LogP contribution in [0.25, 0.3) is 0 Å². The first-order valence-electron chi connectivity index (χ1n) is 6.20. The van der Waals surface area contributed by atoms with E-state index < -0.39 is 0 Å². The Bertz CT molecular complexity index is 439. The van der Waals surface area contributed by atoms with E-state index in [1.54, 1.807) is 19.2 Å². The second-order valence-corrected chi connectivity index (χ2v) is 4.64. The van der Waals surface area contributed by atoms with Gasteiger partial charge in [-0.1, -0.05) is 0 Å². The predicted molar refractivity (Wildman–Crippen MR) is 68.6 cm³/mol. The summed E-state index contributed by atoms with van der Waals surface area (Å²) in [4.78, 5) is 13.2. The standard InChI is InChI=1S/C14H18FNO2/c1-10(17)11-3-4-14(13(15)9-11)16-7-5-12(18-2)6-8-16/h3-4,9,12H,5-8H2,1-2H3. The lowest BCUT2D eigenvalue weighted by molar-refractivity contribution is 0.0818. The molecule has 1 aromatic rings. The molecule has 0 amide bonds. The highest BCUT2D eigenvalue weighted by Gasteiger charge is 2.21. The van der Waals surface area contributed by atoms with Gasteiger partial charge in [-0.05, 0) is 38.0 Å². The van der Waals surface area contributed by atoms with E-state index in [-0.39, 0.29) is 17.7 Å². The Morgan fingerprint density at radius 1 is 1.39 bits per heavy atom. The molecule has 0 radical (unpaired) electrons. The smallest absolute Gasteiger partial charge is 0.159 e. The third-order valence-corrected chi connectivity index (χ3v) is 3.47. The van der Waals surface area contributed by atoms with Gasteiger partial charge in [-0.2, -0.15) is 0 Å². The average molecular weight is 251 g/mol. The third kappa shape index (κ3) is 2.70. The number of nitrogens with zero attached hydrogens (tertiary/aromatic N) is 1. The fourth-order valence-electron chi connectivity index (χ4n) is 2.31. The van der Waals surface area contributed by atoms with Crippen molar-refractivity contribution in [1.29, 1.82) is 0 Å². The topological polar surface area (TPSA) is 29.5 Å². The van der Waals surface area contributed by atoms with E-state index in [4.69, 9.17) is 4.74 Å². The molecule has 1 saturated heterocycles. The number of piperidine rings is 1. The van der Waals surface area contributed by atoms with E-state index >= 15 is 0 Å². The molecule has 0 saturated carbocycles. The molecule has 1 aliphatic heterocycles. The number of hydrogen-bond donors (Lipinski definition) is 0. The molecule has 0 bridgehead atoms. The number of rotatable bonds is 3. The molecule has 0 aliphatic carbocycles. The van der Waals surface area contributed by atoms with Crippen molar-refractivity contribution in [3.8, 4) is 0 Å². The highest BCUT2D eigenvalue weighted by molar-refractivity contribution is 5.94. The van der Waals surface area contributed by atoms with Crippen LogP contribution in [0, 0.1) is 5.82 Å². The number of ether oxygens (including phenoxy) is 1. The largest absolute Gasteiger partial charge is 0.381 e. The van der Waals surface area contributed by atoms with Gasteiger partial charge in [-0.3, -0.25) is 4.79 Å². The Kier molecular flexibility index (Phi) is 3.97. The van der Waals surface area contributed by atoms with Gasteiger partial charge in [0.1, 0.15) is 5.82 Å². The van der Waals surface area contributed by atoms with Gasteiger partial charge in [-0.15, -0.1) is 0 Å². The number of anilines is 1. The minimum absolute atomic E-state index is 0.112. The molecule has 18 heavy (non-hydrogen) atoms. The van der Waals surface area contributed by atoms with Crippen LogP contribution in [-0.2, 0) is 4.74 Å². The third-order valence-electron chi connectivity index (χ3n) is 3.47. The number of carbonyl (C=O) groups excluding carboxylic acids is 1. The molecular weight excluding hydrogens is 233 g/mol. The van der Waals surface area contributed by atoms with Gasteiger partial charge >= 0.3 is 0 Å². The van der Waals surface area contributed by atoms with Gasteiger partial charge in [0.05, 0.1) is 11.8 Å². The Hall–Kier alpha value is -1.42. The summed E-state index contributed by atoms with van der Waals surface area (Å²) in [5, 5.41) is 0. The van der Waals surface area contributed by atoms with Crippen molar-refractivity contribution in [2.75, 3.05) is 25.1 Å². The van der Waals surface area contributed by atoms with Crippen molar-refractivity contribution >= 4 is 11.5 Å². The Morgan fingerprint density at radius 2 is 2.06 bits per heavy atom. The zero-order valence-electron chi connectivity index (χ0n) is 10.8. The van der Waals surface area contributed by atoms with E-state index in [1.807, 2.05) is 4.90 Å². The number of benzene rings is 1. The lowest BCUT2D eigenvalue weighted by Crippen LogP contribution is -2.37. The van der Waals surface area contributed by atoms with Crippen LogP contribution >= 0.6 is 0 Å². The summed E-state index contributed by atoms with van der Waals surface area (Å²) in [5.74, 6) is -0.433. The lowest BCUT2D eigenvalue weighted by atomic mass is 10.1. The van der Waals surface area contributed by atoms with Crippen LogP contribution < -0.4 is 4.90 Å². The lowest BCUT2D eigenvalue weighted by Gasteiger charge is -2.33. The number of ketones is 1. The summed E-state index contributed by atoms with van der Waals surface area (Å²) >= 11 is 0. The molecule has 1 aliphatic rings. The van der Waals surface area contributed by atoms with Crippen LogP contribution in [0.15, 0.2) is 18.2 Å². The molecule has 0 N–H and O–H groups in total. The molecule has 4 heteroatoms. The maximum atomic E-state index is 13.9. The highest BCUT2D eigenvalue weighted by atomic mass is 19.1. The van der Waals surface area contributed by atoms with E-state index in [2.05, 4.69) is 0 Å². The first-order valence-corrected chi connectivity index (χ1v) is 6.20. The summed E-state index contributed by atoms with van der Waals surface area (Å²) < 4.78 is 19.2. The molecule has 0 unspecified atom stereocenters. The van der Waals surface area contributed by atoms with Crippen LogP contribution in [0.2, 0.25) is 0 Å². The molecule has 1 aromatic carbocycles. The number of Topliss-reactive ketones (excluding diaryl/α,β-unsaturated/α-hetero) is 1. The maximum absolute atomic E-state index is 13.9. The highest BCUT2D eigenvalue weighted by Crippen LogP contribution is 2.25. The first-order chi connectivity index (χ1) is 8.61. The summed E-state index contributed by atoms with van der Waals surface area (Å²) in [5.41, 5.74) is 0.998. The van der Waals surface area contributed by atoms with Crippen LogP contribution in [0.3, 0.4) is 0 Å². The quantitative estimate of drug-likeness (QED) is 0.773. The number of carbonyl (C=O) groups is 1. The van der Waals surface area contributed by atoms with Gasteiger partial charge in [0, 0.05) is 25.8 Å². The van der Waals surface area contributed by atoms with E-state index in [1.165, 1.54) is 13.0 Å². The molecule has 0 aromatic heterocycles. The van der Waals surface area contributed by atoms with Gasteiger partial charge in [0.15, 0.2) is 5.78 Å². The van der Waals surface area contributed by atoms with Crippen LogP contribution in [-0.4, -0.2) is 32.1 Å². The molecule has 1 heterocycles. The van der Waals surface area contributed by atoms with Gasteiger partial charge < -0.3 is 9.64 Å². The minimum atomic E-state index is -0.321. The van der Waals surface area contributed by atoms with Crippen LogP contribution in [0.4, 0.5) is 10.1 Å². The Labute approximate surface area is 107 Å². The van der Waals surface area contributed by atoms with Crippen LogP contribution in [0.5, 0.6) is 0 Å². The molecule has 2 rings (SSSR count). The van der Waals surface area contributed by atoms with E-state index in [0.29, 0.717) is 11.3 Å². The second kappa shape index (κ2) is 5.48. The zero-order chi connectivity index (χ0) is 13.1. The van der Waals surface area contributed by atoms with Gasteiger partial charge in [0.2, 0.25) is 0 Å². The number of halogens is 1. The summed E-state index contributed by atoms with van der Waals surface area (Å²) in [6, 6.07) is 4.70. The second-order valence-electron chi connectivity index (χ2n) is 4.64. The van der Waals surface area contributed by atoms with Crippen LogP contribution in [0.1, 0.15) is 30.1 Å². The molecule has 1 fully saturated rings. The van der Waals surface area contributed by atoms with Crippen molar-refractivity contribution in [3.63, 3.8) is 0 Å². The summed E-state index contributed by atoms with van der Waals surface area (Å²) in [6.45, 7) is 3.02. The predicted octanol–water partition coefficient (Wildman–Crippen LogP) is 2.64. The number of methoxy groups -OCH3 is 1. The summed E-state index contributed by atoms with van der Waals surface area (Å²) in [6.07, 6.45) is 2.09. The molecular formula is C14H18FNO2. The molecule has 98 valence electrons. The molecule has 0 atom stereocenters. The maximum Gasteiger partial charge on any atom is 0.159 e. The van der Waals surface area contributed by atoms with Crippen molar-refractivity contribution in [2.45, 2.75) is 25.9 Å². The Morgan fingerprint density at radius 3 is 2.56 bits per heavy atom. The van der Waals surface area contributed by atoms with E-state index in [0.717, 1.165) is 25.9 Å². The molecule has 0 spiro atoms. The van der Waals surface area contributed by atoms with Crippen molar-refractivity contribution < 1.29 is 13.9 Å². The first kappa shape index (κ1) is 13.0. The van der Waals surface area contributed by atoms with Crippen molar-refractivity contribution in [2.24, 2.45) is 0 Å². The van der Waals surface area contributed by atoms with Crippen molar-refractivity contribution in [3.05, 3.63) is 29.6 Å². The summed E-state index contributed by atoms with van der Waals surface area (Å²) in [7, 11) is 1.71. The fraction of sp³-hybridized carbons (Fsp3) is 0.500. The molecule has 3 nitrogen and oxygen atoms in total. The van der Waals surface area contributed by atoms with Gasteiger partial charge in [0.25, 0.3) is 0 Å². The SMILES string of the molecule is COC1CCN(c2ccc(C(C)=O)cc2F)CC1. The Balaban J connectivity index is 2.12. The zero-order valence-corrected chi connectivity index (χ0v) is 10.8. The normalized spacial score (nSPS) is 16.9. The monoisotopic (exact) mass is 251 g/mol. The van der Waals surface area contributed by atoms with Crippen molar-refractivity contribution in [1.82, 2.24) is 0 Å². The average Bonchev–Trinajstić information content (AvgIpc) is 2.38. The van der Waals surface area contributed by atoms with E-state index in [9.17, 15) is 9.18 Å². The number of hydrogen-bond acceptors (Lipinski definition) is 3.